The third-order valence-electron chi connectivity index (χ3n) is 4.78. The number of aromatic nitrogens is 2. The summed E-state index contributed by atoms with van der Waals surface area (Å²) in [5, 5.41) is 10.6. The zero-order valence-electron chi connectivity index (χ0n) is 14.0. The van der Waals surface area contributed by atoms with Crippen LogP contribution >= 0.6 is 0 Å². The highest BCUT2D eigenvalue weighted by atomic mass is 32.2. The maximum atomic E-state index is 12.7. The molecule has 2 heterocycles. The van der Waals surface area contributed by atoms with Crippen molar-refractivity contribution in [1.29, 1.82) is 0 Å². The Kier molecular flexibility index (Phi) is 4.76. The van der Waals surface area contributed by atoms with E-state index in [1.807, 2.05) is 30.3 Å². The molecule has 0 radical (unpaired) electrons. The highest BCUT2D eigenvalue weighted by molar-refractivity contribution is 7.89. The molecule has 1 saturated heterocycles. The standard InChI is InChI=1S/C17H23N3O3S/c1-13-18-16(12-19(13)2)24(22,23)20-10-8-15(9-11-20)17(21)14-6-4-3-5-7-14/h3-7,12,15,17,21H,8-11H2,1-2H3/t17-/m1/s1. The summed E-state index contributed by atoms with van der Waals surface area (Å²) in [5.74, 6) is 0.743. The first kappa shape index (κ1) is 17.1. The normalized spacial score (nSPS) is 18.6. The van der Waals surface area contributed by atoms with Crippen molar-refractivity contribution in [3.8, 4) is 0 Å². The van der Waals surface area contributed by atoms with Gasteiger partial charge >= 0.3 is 0 Å². The van der Waals surface area contributed by atoms with Crippen LogP contribution < -0.4 is 0 Å². The predicted octanol–water partition coefficient (Wildman–Crippen LogP) is 1.86. The number of aryl methyl sites for hydroxylation is 2. The van der Waals surface area contributed by atoms with Gasteiger partial charge in [-0.3, -0.25) is 0 Å². The quantitative estimate of drug-likeness (QED) is 0.914. The summed E-state index contributed by atoms with van der Waals surface area (Å²) >= 11 is 0. The van der Waals surface area contributed by atoms with E-state index >= 15 is 0 Å². The molecule has 1 aromatic carbocycles. The third-order valence-corrected chi connectivity index (χ3v) is 6.55. The number of aliphatic hydroxyl groups is 1. The molecule has 1 N–H and O–H groups in total. The van der Waals surface area contributed by atoms with Crippen molar-refractivity contribution < 1.29 is 13.5 Å². The maximum Gasteiger partial charge on any atom is 0.262 e. The molecule has 1 aromatic heterocycles. The first-order chi connectivity index (χ1) is 11.4. The molecule has 0 aliphatic carbocycles. The lowest BCUT2D eigenvalue weighted by molar-refractivity contribution is 0.0760. The molecule has 1 aliphatic rings. The second kappa shape index (κ2) is 6.66. The van der Waals surface area contributed by atoms with Gasteiger partial charge in [0.2, 0.25) is 0 Å². The zero-order chi connectivity index (χ0) is 17.3. The topological polar surface area (TPSA) is 75.4 Å². The molecule has 7 heteroatoms. The minimum Gasteiger partial charge on any atom is -0.388 e. The Balaban J connectivity index is 1.68. The molecule has 24 heavy (non-hydrogen) atoms. The van der Waals surface area contributed by atoms with Gasteiger partial charge in [0.15, 0.2) is 5.03 Å². The van der Waals surface area contributed by atoms with Crippen LogP contribution in [0.15, 0.2) is 41.6 Å². The fourth-order valence-corrected chi connectivity index (χ4v) is 4.63. The van der Waals surface area contributed by atoms with Gasteiger partial charge in [0.25, 0.3) is 10.0 Å². The molecule has 1 aliphatic heterocycles. The number of benzene rings is 1. The molecule has 0 saturated carbocycles. The van der Waals surface area contributed by atoms with Crippen LogP contribution in [0.25, 0.3) is 0 Å². The molecule has 0 amide bonds. The van der Waals surface area contributed by atoms with Crippen molar-refractivity contribution in [1.82, 2.24) is 13.9 Å². The summed E-state index contributed by atoms with van der Waals surface area (Å²) in [4.78, 5) is 4.14. The van der Waals surface area contributed by atoms with Crippen molar-refractivity contribution in [2.45, 2.75) is 30.9 Å². The lowest BCUT2D eigenvalue weighted by Crippen LogP contribution is -2.39. The molecule has 1 atom stereocenters. The van der Waals surface area contributed by atoms with Crippen LogP contribution in [0.2, 0.25) is 0 Å². The Morgan fingerprint density at radius 1 is 1.21 bits per heavy atom. The summed E-state index contributed by atoms with van der Waals surface area (Å²) in [7, 11) is -1.78. The Hall–Kier alpha value is -1.70. The van der Waals surface area contributed by atoms with Crippen LogP contribution in [0.5, 0.6) is 0 Å². The van der Waals surface area contributed by atoms with Gasteiger partial charge in [-0.15, -0.1) is 0 Å². The number of rotatable bonds is 4. The van der Waals surface area contributed by atoms with Crippen LogP contribution in [-0.4, -0.2) is 40.5 Å². The largest absolute Gasteiger partial charge is 0.388 e. The van der Waals surface area contributed by atoms with Gasteiger partial charge in [0, 0.05) is 26.3 Å². The van der Waals surface area contributed by atoms with E-state index < -0.39 is 16.1 Å². The van der Waals surface area contributed by atoms with Crippen molar-refractivity contribution in [2.24, 2.45) is 13.0 Å². The summed E-state index contributed by atoms with van der Waals surface area (Å²) in [6.07, 6.45) is 2.28. The van der Waals surface area contributed by atoms with Crippen molar-refractivity contribution in [3.63, 3.8) is 0 Å². The second-order valence-electron chi connectivity index (χ2n) is 6.33. The van der Waals surface area contributed by atoms with Gasteiger partial charge in [-0.05, 0) is 31.2 Å². The van der Waals surface area contributed by atoms with E-state index in [0.29, 0.717) is 31.8 Å². The average Bonchev–Trinajstić information content (AvgIpc) is 2.95. The smallest absolute Gasteiger partial charge is 0.262 e. The van der Waals surface area contributed by atoms with Crippen LogP contribution in [0.4, 0.5) is 0 Å². The number of piperidine rings is 1. The van der Waals surface area contributed by atoms with E-state index in [2.05, 4.69) is 4.98 Å². The number of sulfonamides is 1. The Bertz CT molecular complexity index is 774. The van der Waals surface area contributed by atoms with Crippen LogP contribution in [0.3, 0.4) is 0 Å². The van der Waals surface area contributed by atoms with E-state index in [4.69, 9.17) is 0 Å². The zero-order valence-corrected chi connectivity index (χ0v) is 14.8. The molecule has 0 unspecified atom stereocenters. The van der Waals surface area contributed by atoms with Crippen molar-refractivity contribution >= 4 is 10.0 Å². The van der Waals surface area contributed by atoms with E-state index in [9.17, 15) is 13.5 Å². The monoisotopic (exact) mass is 349 g/mol. The molecule has 3 rings (SSSR count). The highest BCUT2D eigenvalue weighted by Crippen LogP contribution is 2.32. The molecule has 0 spiro atoms. The van der Waals surface area contributed by atoms with E-state index in [1.54, 1.807) is 24.7 Å². The van der Waals surface area contributed by atoms with Gasteiger partial charge in [-0.2, -0.15) is 4.31 Å². The fourth-order valence-electron chi connectivity index (χ4n) is 3.14. The number of hydrogen-bond donors (Lipinski definition) is 1. The SMILES string of the molecule is Cc1nc(S(=O)(=O)N2CCC([C@H](O)c3ccccc3)CC2)cn1C. The third kappa shape index (κ3) is 3.24. The van der Waals surface area contributed by atoms with Crippen LogP contribution in [0, 0.1) is 12.8 Å². The lowest BCUT2D eigenvalue weighted by atomic mass is 9.88. The van der Waals surface area contributed by atoms with Gasteiger partial charge in [-0.25, -0.2) is 13.4 Å². The average molecular weight is 349 g/mol. The maximum absolute atomic E-state index is 12.7. The molecule has 2 aromatic rings. The number of aliphatic hydroxyl groups excluding tert-OH is 1. The van der Waals surface area contributed by atoms with Gasteiger partial charge < -0.3 is 9.67 Å². The summed E-state index contributed by atoms with van der Waals surface area (Å²) < 4.78 is 28.6. The summed E-state index contributed by atoms with van der Waals surface area (Å²) in [5.41, 5.74) is 0.888. The van der Waals surface area contributed by atoms with Gasteiger partial charge in [-0.1, -0.05) is 30.3 Å². The molecule has 6 nitrogen and oxygen atoms in total. The van der Waals surface area contributed by atoms with Gasteiger partial charge in [0.05, 0.1) is 6.10 Å². The summed E-state index contributed by atoms with van der Waals surface area (Å²) in [6.45, 7) is 2.60. The molecular formula is C17H23N3O3S. The predicted molar refractivity (Wildman–Crippen MR) is 90.8 cm³/mol. The van der Waals surface area contributed by atoms with Crippen molar-refractivity contribution in [2.75, 3.05) is 13.1 Å². The molecular weight excluding hydrogens is 326 g/mol. The van der Waals surface area contributed by atoms with Crippen LogP contribution in [0.1, 0.15) is 30.3 Å². The highest BCUT2D eigenvalue weighted by Gasteiger charge is 2.33. The molecule has 0 bridgehead atoms. The van der Waals surface area contributed by atoms with Crippen molar-refractivity contribution in [3.05, 3.63) is 47.9 Å². The van der Waals surface area contributed by atoms with E-state index in [-0.39, 0.29) is 10.9 Å². The number of imidazole rings is 1. The van der Waals surface area contributed by atoms with Gasteiger partial charge in [0.1, 0.15) is 5.82 Å². The lowest BCUT2D eigenvalue weighted by Gasteiger charge is -2.33. The Morgan fingerprint density at radius 3 is 2.38 bits per heavy atom. The van der Waals surface area contributed by atoms with Crippen LogP contribution in [-0.2, 0) is 17.1 Å². The van der Waals surface area contributed by atoms with E-state index in [1.165, 1.54) is 4.31 Å². The number of hydrogen-bond acceptors (Lipinski definition) is 4. The first-order valence-corrected chi connectivity index (χ1v) is 9.56. The Labute approximate surface area is 142 Å². The first-order valence-electron chi connectivity index (χ1n) is 8.12. The second-order valence-corrected chi connectivity index (χ2v) is 8.22. The fraction of sp³-hybridized carbons (Fsp3) is 0.471. The minimum absolute atomic E-state index is 0.0734. The number of nitrogens with zero attached hydrogens (tertiary/aromatic N) is 3. The molecule has 130 valence electrons. The minimum atomic E-state index is -3.56. The summed E-state index contributed by atoms with van der Waals surface area (Å²) in [6, 6.07) is 9.54. The van der Waals surface area contributed by atoms with E-state index in [0.717, 1.165) is 5.56 Å². The Morgan fingerprint density at radius 2 is 1.83 bits per heavy atom. The molecule has 1 fully saturated rings.